The van der Waals surface area contributed by atoms with Crippen molar-refractivity contribution in [2.45, 2.75) is 59.5 Å². The minimum absolute atomic E-state index is 0.137. The van der Waals surface area contributed by atoms with Gasteiger partial charge in [-0.3, -0.25) is 9.13 Å². The van der Waals surface area contributed by atoms with E-state index in [0.717, 1.165) is 19.5 Å². The summed E-state index contributed by atoms with van der Waals surface area (Å²) < 4.78 is 3.61. The van der Waals surface area contributed by atoms with Crippen LogP contribution < -0.4 is 5.69 Å². The molecule has 1 unspecified atom stereocenters. The van der Waals surface area contributed by atoms with E-state index < -0.39 is 0 Å². The lowest BCUT2D eigenvalue weighted by Gasteiger charge is -2.14. The second kappa shape index (κ2) is 6.56. The Hall–Kier alpha value is -0.990. The molecule has 1 rings (SSSR count). The average Bonchev–Trinajstić information content (AvgIpc) is 2.65. The highest BCUT2D eigenvalue weighted by Gasteiger charge is 2.09. The molecule has 0 bridgehead atoms. The predicted octanol–water partition coefficient (Wildman–Crippen LogP) is 2.89. The van der Waals surface area contributed by atoms with E-state index in [1.54, 1.807) is 4.57 Å². The fraction of sp³-hybridized carbons (Fsp3) is 0.769. The number of nitrogens with zero attached hydrogens (tertiary/aromatic N) is 2. The Morgan fingerprint density at radius 2 is 1.88 bits per heavy atom. The summed E-state index contributed by atoms with van der Waals surface area (Å²) in [4.78, 5) is 11.9. The molecule has 1 aromatic rings. The topological polar surface area (TPSA) is 26.9 Å². The second-order valence-corrected chi connectivity index (χ2v) is 4.44. The van der Waals surface area contributed by atoms with Crippen LogP contribution in [0, 0.1) is 5.92 Å². The maximum Gasteiger partial charge on any atom is 0.328 e. The van der Waals surface area contributed by atoms with Crippen molar-refractivity contribution in [1.82, 2.24) is 9.13 Å². The fourth-order valence-corrected chi connectivity index (χ4v) is 2.03. The average molecular weight is 224 g/mol. The van der Waals surface area contributed by atoms with Gasteiger partial charge in [0.25, 0.3) is 0 Å². The van der Waals surface area contributed by atoms with Crippen molar-refractivity contribution in [2.75, 3.05) is 0 Å². The zero-order valence-electron chi connectivity index (χ0n) is 10.8. The monoisotopic (exact) mass is 224 g/mol. The molecule has 92 valence electrons. The third-order valence-electron chi connectivity index (χ3n) is 3.26. The first-order valence-electron chi connectivity index (χ1n) is 6.48. The largest absolute Gasteiger partial charge is 0.328 e. The molecule has 16 heavy (non-hydrogen) atoms. The molecule has 1 atom stereocenters. The summed E-state index contributed by atoms with van der Waals surface area (Å²) in [6.45, 7) is 8.06. The van der Waals surface area contributed by atoms with Crippen molar-refractivity contribution in [2.24, 2.45) is 5.92 Å². The summed E-state index contributed by atoms with van der Waals surface area (Å²) in [7, 11) is 0. The fourth-order valence-electron chi connectivity index (χ4n) is 2.03. The van der Waals surface area contributed by atoms with Crippen LogP contribution in [0.3, 0.4) is 0 Å². The molecule has 3 heteroatoms. The van der Waals surface area contributed by atoms with Gasteiger partial charge in [-0.05, 0) is 19.3 Å². The van der Waals surface area contributed by atoms with E-state index in [1.165, 1.54) is 19.3 Å². The predicted molar refractivity (Wildman–Crippen MR) is 67.7 cm³/mol. The molecule has 0 saturated heterocycles. The summed E-state index contributed by atoms with van der Waals surface area (Å²) in [6, 6.07) is 0. The SMILES string of the molecule is CCCCC(CC)Cn1ccn(CC)c1=O. The Kier molecular flexibility index (Phi) is 5.36. The van der Waals surface area contributed by atoms with Crippen LogP contribution in [0.4, 0.5) is 0 Å². The molecule has 1 aromatic heterocycles. The van der Waals surface area contributed by atoms with E-state index in [2.05, 4.69) is 13.8 Å². The van der Waals surface area contributed by atoms with E-state index in [9.17, 15) is 4.79 Å². The molecular formula is C13H24N2O. The molecule has 0 fully saturated rings. The van der Waals surface area contributed by atoms with Gasteiger partial charge in [0.05, 0.1) is 0 Å². The minimum atomic E-state index is 0.137. The highest BCUT2D eigenvalue weighted by molar-refractivity contribution is 4.81. The summed E-state index contributed by atoms with van der Waals surface area (Å²) in [6.07, 6.45) is 8.69. The van der Waals surface area contributed by atoms with Gasteiger partial charge >= 0.3 is 5.69 Å². The van der Waals surface area contributed by atoms with E-state index >= 15 is 0 Å². The Labute approximate surface area is 98.1 Å². The van der Waals surface area contributed by atoms with Gasteiger partial charge in [-0.25, -0.2) is 4.79 Å². The lowest BCUT2D eigenvalue weighted by atomic mass is 9.99. The minimum Gasteiger partial charge on any atom is -0.300 e. The number of hydrogen-bond acceptors (Lipinski definition) is 1. The van der Waals surface area contributed by atoms with Crippen LogP contribution in [-0.4, -0.2) is 9.13 Å². The molecule has 0 aliphatic rings. The number of hydrogen-bond donors (Lipinski definition) is 0. The Balaban J connectivity index is 2.63. The van der Waals surface area contributed by atoms with Gasteiger partial charge in [0, 0.05) is 25.5 Å². The summed E-state index contributed by atoms with van der Waals surface area (Å²) >= 11 is 0. The molecule has 0 aliphatic heterocycles. The standard InChI is InChI=1S/C13H24N2O/c1-4-7-8-12(5-2)11-15-10-9-14(6-3)13(15)16/h9-10,12H,4-8,11H2,1-3H3. The van der Waals surface area contributed by atoms with Crippen molar-refractivity contribution in [1.29, 1.82) is 0 Å². The molecule has 3 nitrogen and oxygen atoms in total. The van der Waals surface area contributed by atoms with Crippen LogP contribution >= 0.6 is 0 Å². The normalized spacial score (nSPS) is 12.9. The Morgan fingerprint density at radius 1 is 1.19 bits per heavy atom. The van der Waals surface area contributed by atoms with E-state index in [4.69, 9.17) is 0 Å². The molecule has 0 amide bonds. The highest BCUT2D eigenvalue weighted by Crippen LogP contribution is 2.14. The van der Waals surface area contributed by atoms with Gasteiger partial charge in [-0.1, -0.05) is 33.1 Å². The van der Waals surface area contributed by atoms with Crippen molar-refractivity contribution < 1.29 is 0 Å². The quantitative estimate of drug-likeness (QED) is 0.699. The molecule has 0 aliphatic carbocycles. The molecular weight excluding hydrogens is 200 g/mol. The van der Waals surface area contributed by atoms with E-state index in [-0.39, 0.29) is 5.69 Å². The van der Waals surface area contributed by atoms with Crippen molar-refractivity contribution >= 4 is 0 Å². The van der Waals surface area contributed by atoms with Gasteiger partial charge < -0.3 is 0 Å². The van der Waals surface area contributed by atoms with Gasteiger partial charge in [0.1, 0.15) is 0 Å². The lowest BCUT2D eigenvalue weighted by molar-refractivity contribution is 0.383. The van der Waals surface area contributed by atoms with E-state index in [1.807, 2.05) is 23.9 Å². The first kappa shape index (κ1) is 13.1. The maximum absolute atomic E-state index is 11.9. The van der Waals surface area contributed by atoms with Crippen LogP contribution in [0.25, 0.3) is 0 Å². The van der Waals surface area contributed by atoms with Gasteiger partial charge in [0.2, 0.25) is 0 Å². The summed E-state index contributed by atoms with van der Waals surface area (Å²) in [5.74, 6) is 0.644. The van der Waals surface area contributed by atoms with Gasteiger partial charge in [0.15, 0.2) is 0 Å². The number of unbranched alkanes of at least 4 members (excludes halogenated alkanes) is 1. The van der Waals surface area contributed by atoms with Crippen LogP contribution in [0.2, 0.25) is 0 Å². The first-order valence-corrected chi connectivity index (χ1v) is 6.48. The summed E-state index contributed by atoms with van der Waals surface area (Å²) in [5, 5.41) is 0. The van der Waals surface area contributed by atoms with Gasteiger partial charge in [-0.2, -0.15) is 0 Å². The summed E-state index contributed by atoms with van der Waals surface area (Å²) in [5.41, 5.74) is 0.137. The number of aromatic nitrogens is 2. The molecule has 1 heterocycles. The maximum atomic E-state index is 11.9. The molecule has 0 N–H and O–H groups in total. The van der Waals surface area contributed by atoms with Crippen LogP contribution in [-0.2, 0) is 13.1 Å². The number of imidazole rings is 1. The zero-order chi connectivity index (χ0) is 12.0. The number of rotatable bonds is 7. The first-order chi connectivity index (χ1) is 7.72. The van der Waals surface area contributed by atoms with Crippen molar-refractivity contribution in [3.8, 4) is 0 Å². The molecule has 0 spiro atoms. The highest BCUT2D eigenvalue weighted by atomic mass is 16.1. The molecule has 0 aromatic carbocycles. The van der Waals surface area contributed by atoms with Crippen molar-refractivity contribution in [3.63, 3.8) is 0 Å². The lowest BCUT2D eigenvalue weighted by Crippen LogP contribution is -2.26. The third kappa shape index (κ3) is 3.26. The van der Waals surface area contributed by atoms with E-state index in [0.29, 0.717) is 5.92 Å². The zero-order valence-corrected chi connectivity index (χ0v) is 10.8. The van der Waals surface area contributed by atoms with Crippen molar-refractivity contribution in [3.05, 3.63) is 22.9 Å². The van der Waals surface area contributed by atoms with Gasteiger partial charge in [-0.15, -0.1) is 0 Å². The van der Waals surface area contributed by atoms with Crippen LogP contribution in [0.5, 0.6) is 0 Å². The second-order valence-electron chi connectivity index (χ2n) is 4.44. The Morgan fingerprint density at radius 3 is 2.38 bits per heavy atom. The number of aryl methyl sites for hydroxylation is 1. The molecule has 0 radical (unpaired) electrons. The third-order valence-corrected chi connectivity index (χ3v) is 3.26. The molecule has 0 saturated carbocycles. The smallest absolute Gasteiger partial charge is 0.300 e. The van der Waals surface area contributed by atoms with Crippen LogP contribution in [0.15, 0.2) is 17.2 Å². The Bertz CT molecular complexity index is 351. The van der Waals surface area contributed by atoms with Crippen LogP contribution in [0.1, 0.15) is 46.5 Å².